The molecule has 0 atom stereocenters. The number of alkyl halides is 3. The van der Waals surface area contributed by atoms with Crippen LogP contribution >= 0.6 is 27.5 Å². The summed E-state index contributed by atoms with van der Waals surface area (Å²) in [6, 6.07) is 5.36. The van der Waals surface area contributed by atoms with Crippen molar-refractivity contribution >= 4 is 43.2 Å². The van der Waals surface area contributed by atoms with Crippen LogP contribution in [0.3, 0.4) is 0 Å². The first-order valence-corrected chi connectivity index (χ1v) is 8.50. The number of hydrogen-bond donors (Lipinski definition) is 1. The molecule has 0 radical (unpaired) electrons. The van der Waals surface area contributed by atoms with E-state index in [2.05, 4.69) is 15.9 Å². The minimum atomic E-state index is -4.72. The lowest BCUT2D eigenvalue weighted by Crippen LogP contribution is -2.15. The monoisotopic (exact) mass is 431 g/mol. The number of nitrogens with one attached hydrogen (secondary N) is 1. The maximum atomic E-state index is 13.6. The zero-order chi connectivity index (χ0) is 17.4. The van der Waals surface area contributed by atoms with E-state index in [0.717, 1.165) is 24.3 Å². The van der Waals surface area contributed by atoms with Gasteiger partial charge in [-0.2, -0.15) is 13.2 Å². The predicted molar refractivity (Wildman–Crippen MR) is 81.4 cm³/mol. The van der Waals surface area contributed by atoms with E-state index >= 15 is 0 Å². The van der Waals surface area contributed by atoms with Gasteiger partial charge >= 0.3 is 6.18 Å². The van der Waals surface area contributed by atoms with E-state index in [0.29, 0.717) is 6.07 Å². The van der Waals surface area contributed by atoms with Gasteiger partial charge in [-0.05, 0) is 36.4 Å². The largest absolute Gasteiger partial charge is 0.416 e. The minimum absolute atomic E-state index is 0.0484. The zero-order valence-corrected chi connectivity index (χ0v) is 14.1. The second-order valence-electron chi connectivity index (χ2n) is 4.40. The predicted octanol–water partition coefficient (Wildman–Crippen LogP) is 5.06. The summed E-state index contributed by atoms with van der Waals surface area (Å²) >= 11 is 8.37. The second kappa shape index (κ2) is 6.29. The Kier molecular flexibility index (Phi) is 4.93. The van der Waals surface area contributed by atoms with Crippen LogP contribution in [-0.4, -0.2) is 8.42 Å². The quantitative estimate of drug-likeness (QED) is 0.689. The van der Waals surface area contributed by atoms with Crippen LogP contribution in [0.1, 0.15) is 5.56 Å². The lowest BCUT2D eigenvalue weighted by Gasteiger charge is -2.12. The Balaban J connectivity index is 2.46. The fraction of sp³-hybridized carbons (Fsp3) is 0.0769. The van der Waals surface area contributed by atoms with Crippen LogP contribution in [0.2, 0.25) is 5.02 Å². The third kappa shape index (κ3) is 4.36. The van der Waals surface area contributed by atoms with Gasteiger partial charge in [0.25, 0.3) is 10.0 Å². The minimum Gasteiger partial charge on any atom is -0.277 e. The molecule has 0 heterocycles. The number of benzene rings is 2. The van der Waals surface area contributed by atoms with Gasteiger partial charge in [-0.15, -0.1) is 0 Å². The van der Waals surface area contributed by atoms with Crippen LogP contribution in [0.5, 0.6) is 0 Å². The van der Waals surface area contributed by atoms with Gasteiger partial charge in [-0.25, -0.2) is 12.8 Å². The summed E-state index contributed by atoms with van der Waals surface area (Å²) in [5.74, 6) is -0.952. The Labute approximate surface area is 142 Å². The Morgan fingerprint density at radius 2 is 1.74 bits per heavy atom. The Hall–Kier alpha value is -1.32. The number of hydrogen-bond acceptors (Lipinski definition) is 2. The molecule has 0 aliphatic heterocycles. The molecule has 0 saturated carbocycles. The average molecular weight is 433 g/mol. The molecule has 0 bridgehead atoms. The first-order chi connectivity index (χ1) is 10.5. The average Bonchev–Trinajstić information content (AvgIpc) is 2.40. The van der Waals surface area contributed by atoms with Crippen LogP contribution in [-0.2, 0) is 16.2 Å². The molecule has 0 fully saturated rings. The fourth-order valence-electron chi connectivity index (χ4n) is 1.66. The Morgan fingerprint density at radius 3 is 2.30 bits per heavy atom. The number of sulfonamides is 1. The van der Waals surface area contributed by atoms with Crippen LogP contribution in [0.25, 0.3) is 0 Å². The van der Waals surface area contributed by atoms with E-state index in [4.69, 9.17) is 11.6 Å². The Bertz CT molecular complexity index is 856. The van der Waals surface area contributed by atoms with Crippen molar-refractivity contribution in [3.05, 3.63) is 57.3 Å². The summed E-state index contributed by atoms with van der Waals surface area (Å²) in [5, 5.41) is 0.0484. The molecular weight excluding hydrogens is 426 g/mol. The highest BCUT2D eigenvalue weighted by Crippen LogP contribution is 2.33. The Morgan fingerprint density at radius 1 is 1.09 bits per heavy atom. The van der Waals surface area contributed by atoms with Gasteiger partial charge in [0.15, 0.2) is 0 Å². The maximum Gasteiger partial charge on any atom is 0.416 e. The molecule has 2 aromatic carbocycles. The topological polar surface area (TPSA) is 46.2 Å². The van der Waals surface area contributed by atoms with Gasteiger partial charge in [0, 0.05) is 9.50 Å². The third-order valence-corrected chi connectivity index (χ3v) is 4.72. The molecule has 2 aromatic rings. The highest BCUT2D eigenvalue weighted by molar-refractivity contribution is 9.10. The van der Waals surface area contributed by atoms with E-state index in [9.17, 15) is 26.0 Å². The summed E-state index contributed by atoms with van der Waals surface area (Å²) in [6.45, 7) is 0. The second-order valence-corrected chi connectivity index (χ2v) is 7.44. The summed E-state index contributed by atoms with van der Waals surface area (Å²) < 4.78 is 78.1. The van der Waals surface area contributed by atoms with Crippen molar-refractivity contribution < 1.29 is 26.0 Å². The molecule has 10 heteroatoms. The van der Waals surface area contributed by atoms with Crippen LogP contribution in [0.15, 0.2) is 45.8 Å². The highest BCUT2D eigenvalue weighted by Gasteiger charge is 2.32. The van der Waals surface area contributed by atoms with E-state index in [-0.39, 0.29) is 9.50 Å². The smallest absolute Gasteiger partial charge is 0.277 e. The summed E-state index contributed by atoms with van der Waals surface area (Å²) in [7, 11) is -4.42. The molecule has 0 aliphatic carbocycles. The molecule has 0 spiro atoms. The van der Waals surface area contributed by atoms with E-state index in [1.54, 1.807) is 0 Å². The van der Waals surface area contributed by atoms with Gasteiger partial charge in [0.05, 0.1) is 16.1 Å². The lowest BCUT2D eigenvalue weighted by atomic mass is 10.2. The fourth-order valence-corrected chi connectivity index (χ4v) is 3.60. The molecular formula is C13H7BrClF4NO2S. The van der Waals surface area contributed by atoms with Crippen molar-refractivity contribution in [2.45, 2.75) is 11.1 Å². The molecule has 0 aliphatic rings. The van der Waals surface area contributed by atoms with Gasteiger partial charge < -0.3 is 0 Å². The molecule has 1 N–H and O–H groups in total. The zero-order valence-electron chi connectivity index (χ0n) is 11.0. The maximum absolute atomic E-state index is 13.6. The summed E-state index contributed by atoms with van der Waals surface area (Å²) in [6.07, 6.45) is -4.72. The van der Waals surface area contributed by atoms with Gasteiger partial charge in [-0.3, -0.25) is 4.72 Å². The molecule has 124 valence electrons. The summed E-state index contributed by atoms with van der Waals surface area (Å²) in [5.41, 5.74) is -1.58. The van der Waals surface area contributed by atoms with Gasteiger partial charge in [-0.1, -0.05) is 27.5 Å². The van der Waals surface area contributed by atoms with Crippen molar-refractivity contribution in [1.82, 2.24) is 0 Å². The van der Waals surface area contributed by atoms with E-state index < -0.39 is 38.2 Å². The van der Waals surface area contributed by atoms with Gasteiger partial charge in [0.2, 0.25) is 0 Å². The van der Waals surface area contributed by atoms with Crippen LogP contribution < -0.4 is 4.72 Å². The third-order valence-electron chi connectivity index (χ3n) is 2.68. The first-order valence-electron chi connectivity index (χ1n) is 5.85. The molecule has 2 rings (SSSR count). The van der Waals surface area contributed by atoms with Crippen molar-refractivity contribution in [1.29, 1.82) is 0 Å². The van der Waals surface area contributed by atoms with E-state index in [1.807, 2.05) is 4.72 Å². The van der Waals surface area contributed by atoms with Gasteiger partial charge in [0.1, 0.15) is 5.82 Å². The standard InChI is InChI=1S/C13H7BrClF4NO2S/c14-8-3-7(13(17,18)19)4-10(5-8)23(21,22)20-12-2-1-9(15)6-11(12)16/h1-6,20H. The van der Waals surface area contributed by atoms with Crippen molar-refractivity contribution in [3.63, 3.8) is 0 Å². The normalized spacial score (nSPS) is 12.3. The van der Waals surface area contributed by atoms with Crippen molar-refractivity contribution in [2.24, 2.45) is 0 Å². The molecule has 0 saturated heterocycles. The number of anilines is 1. The number of rotatable bonds is 3. The van der Waals surface area contributed by atoms with Crippen molar-refractivity contribution in [3.8, 4) is 0 Å². The highest BCUT2D eigenvalue weighted by atomic mass is 79.9. The van der Waals surface area contributed by atoms with Crippen molar-refractivity contribution in [2.75, 3.05) is 4.72 Å². The molecule has 0 aromatic heterocycles. The van der Waals surface area contributed by atoms with Crippen LogP contribution in [0, 0.1) is 5.82 Å². The first kappa shape index (κ1) is 18.0. The molecule has 3 nitrogen and oxygen atoms in total. The molecule has 23 heavy (non-hydrogen) atoms. The summed E-state index contributed by atoms with van der Waals surface area (Å²) in [4.78, 5) is -0.659. The molecule has 0 amide bonds. The SMILES string of the molecule is O=S(=O)(Nc1ccc(Cl)cc1F)c1cc(Br)cc(C(F)(F)F)c1. The molecule has 0 unspecified atom stereocenters. The van der Waals surface area contributed by atoms with E-state index in [1.165, 1.54) is 6.07 Å². The lowest BCUT2D eigenvalue weighted by molar-refractivity contribution is -0.137. The number of halogens is 6. The van der Waals surface area contributed by atoms with Crippen LogP contribution in [0.4, 0.5) is 23.2 Å².